The van der Waals surface area contributed by atoms with Gasteiger partial charge in [-0.3, -0.25) is 22.9 Å². The van der Waals surface area contributed by atoms with Crippen LogP contribution in [0.2, 0.25) is 0 Å². The van der Waals surface area contributed by atoms with Crippen LogP contribution in [0, 0.1) is 0 Å². The smallest absolute Gasteiger partial charge is 0.406 e. The van der Waals surface area contributed by atoms with E-state index in [1.165, 1.54) is 0 Å². The van der Waals surface area contributed by atoms with Gasteiger partial charge in [0.15, 0.2) is 0 Å². The normalized spacial score (nSPS) is 14.3. The van der Waals surface area contributed by atoms with Crippen LogP contribution in [0.5, 0.6) is 0 Å². The summed E-state index contributed by atoms with van der Waals surface area (Å²) in [4.78, 5) is 11.6. The first-order valence-corrected chi connectivity index (χ1v) is 13.5. The summed E-state index contributed by atoms with van der Waals surface area (Å²) in [6.07, 6.45) is -0.210. The fourth-order valence-electron chi connectivity index (χ4n) is 2.42. The van der Waals surface area contributed by atoms with E-state index in [-0.39, 0.29) is 18.6 Å². The molecule has 0 aliphatic carbocycles. The van der Waals surface area contributed by atoms with Gasteiger partial charge in [0, 0.05) is 6.54 Å². The van der Waals surface area contributed by atoms with E-state index in [0.717, 1.165) is 0 Å². The topological polar surface area (TPSA) is 132 Å². The summed E-state index contributed by atoms with van der Waals surface area (Å²) in [5, 5.41) is 14.8. The number of carboxylic acid groups (broad SMARTS) is 1. The van der Waals surface area contributed by atoms with Crippen LogP contribution in [0.25, 0.3) is 0 Å². The lowest BCUT2D eigenvalue weighted by molar-refractivity contribution is -0.139. The highest BCUT2D eigenvalue weighted by atomic mass is 31.2. The number of hydrogen-bond acceptors (Lipinski definition) is 7. The van der Waals surface area contributed by atoms with Crippen molar-refractivity contribution >= 4 is 21.5 Å². The van der Waals surface area contributed by atoms with E-state index < -0.39 is 39.7 Å². The Bertz CT molecular complexity index is 571. The molecule has 0 aromatic heterocycles. The van der Waals surface area contributed by atoms with Gasteiger partial charge in [0.25, 0.3) is 0 Å². The summed E-state index contributed by atoms with van der Waals surface area (Å²) >= 11 is 0. The van der Waals surface area contributed by atoms with Gasteiger partial charge in [0.2, 0.25) is 0 Å². The average Bonchev–Trinajstić information content (AvgIpc) is 2.49. The van der Waals surface area contributed by atoms with Crippen molar-refractivity contribution < 1.29 is 37.1 Å². The van der Waals surface area contributed by atoms with Crippen LogP contribution in [-0.2, 0) is 32.0 Å². The fourth-order valence-corrected chi connectivity index (χ4v) is 6.06. The minimum absolute atomic E-state index is 0.185. The summed E-state index contributed by atoms with van der Waals surface area (Å²) in [5.74, 6) is -1.15. The number of unbranched alkanes of at least 4 members (excludes halogenated alkanes) is 1. The van der Waals surface area contributed by atoms with Crippen LogP contribution in [-0.4, -0.2) is 48.1 Å². The quantitative estimate of drug-likeness (QED) is 0.201. The number of carbonyl (C=O) groups is 1. The van der Waals surface area contributed by atoms with Gasteiger partial charge in [-0.15, -0.1) is 0 Å². The maximum Gasteiger partial charge on any atom is 0.406 e. The second-order valence-electron chi connectivity index (χ2n) is 8.04. The molecule has 0 aliphatic heterocycles. The van der Waals surface area contributed by atoms with Gasteiger partial charge in [-0.1, -0.05) is 6.42 Å². The van der Waals surface area contributed by atoms with Crippen molar-refractivity contribution in [1.29, 1.82) is 0 Å². The van der Waals surface area contributed by atoms with E-state index >= 15 is 0 Å². The van der Waals surface area contributed by atoms with Crippen molar-refractivity contribution in [3.8, 4) is 0 Å². The van der Waals surface area contributed by atoms with Crippen molar-refractivity contribution in [3.05, 3.63) is 0 Å². The monoisotopic (exact) mass is 474 g/mol. The summed E-state index contributed by atoms with van der Waals surface area (Å²) in [7, 11) is -7.23. The molecule has 0 spiro atoms. The molecule has 180 valence electrons. The Kier molecular flexibility index (Phi) is 13.8. The third kappa shape index (κ3) is 13.9. The van der Waals surface area contributed by atoms with Crippen molar-refractivity contribution in [2.75, 3.05) is 6.54 Å². The lowest BCUT2D eigenvalue weighted by Gasteiger charge is -2.26. The summed E-state index contributed by atoms with van der Waals surface area (Å²) < 4.78 is 47.1. The second-order valence-corrected chi connectivity index (χ2v) is 11.4. The molecule has 0 rings (SSSR count). The van der Waals surface area contributed by atoms with Gasteiger partial charge in [-0.2, -0.15) is 0 Å². The van der Waals surface area contributed by atoms with Gasteiger partial charge in [0.05, 0.1) is 24.4 Å². The molecular formula is C18H40N2O8P2. The predicted molar refractivity (Wildman–Crippen MR) is 117 cm³/mol. The molecule has 1 atom stereocenters. The van der Waals surface area contributed by atoms with Crippen molar-refractivity contribution in [1.82, 2.24) is 10.2 Å². The van der Waals surface area contributed by atoms with E-state index in [9.17, 15) is 19.0 Å². The van der Waals surface area contributed by atoms with E-state index in [0.29, 0.717) is 19.4 Å². The van der Waals surface area contributed by atoms with E-state index in [2.05, 4.69) is 10.2 Å². The van der Waals surface area contributed by atoms with Crippen LogP contribution in [0.4, 0.5) is 0 Å². The van der Waals surface area contributed by atoms with E-state index in [1.807, 2.05) is 0 Å². The van der Waals surface area contributed by atoms with Gasteiger partial charge >= 0.3 is 21.5 Å². The summed E-state index contributed by atoms with van der Waals surface area (Å²) in [5.41, 5.74) is 0. The zero-order valence-electron chi connectivity index (χ0n) is 19.4. The second kappa shape index (κ2) is 14.0. The molecule has 10 nitrogen and oxygen atoms in total. The third-order valence-electron chi connectivity index (χ3n) is 3.24. The van der Waals surface area contributed by atoms with E-state index in [4.69, 9.17) is 18.1 Å². The lowest BCUT2D eigenvalue weighted by Crippen LogP contribution is -2.36. The molecule has 0 aromatic carbocycles. The van der Waals surface area contributed by atoms with Crippen molar-refractivity contribution in [3.63, 3.8) is 0 Å². The van der Waals surface area contributed by atoms with Gasteiger partial charge in [0.1, 0.15) is 6.04 Å². The molecule has 0 amide bonds. The molecule has 0 saturated carbocycles. The highest BCUT2D eigenvalue weighted by Gasteiger charge is 2.34. The molecule has 0 saturated heterocycles. The third-order valence-corrected chi connectivity index (χ3v) is 7.27. The van der Waals surface area contributed by atoms with Crippen molar-refractivity contribution in [2.45, 2.75) is 105 Å². The Morgan fingerprint density at radius 1 is 0.767 bits per heavy atom. The Morgan fingerprint density at radius 2 is 1.17 bits per heavy atom. The van der Waals surface area contributed by atoms with Crippen LogP contribution in [0.3, 0.4) is 0 Å². The molecular weight excluding hydrogens is 434 g/mol. The number of hydrogen-bond donors (Lipinski definition) is 3. The van der Waals surface area contributed by atoms with Crippen molar-refractivity contribution in [2.24, 2.45) is 0 Å². The lowest BCUT2D eigenvalue weighted by atomic mass is 10.1. The first kappa shape index (κ1) is 29.7. The van der Waals surface area contributed by atoms with Crippen LogP contribution in [0.15, 0.2) is 0 Å². The van der Waals surface area contributed by atoms with Gasteiger partial charge < -0.3 is 5.11 Å². The molecule has 0 aromatic rings. The minimum Gasteiger partial charge on any atom is -0.480 e. The molecule has 0 fully saturated rings. The molecule has 3 N–H and O–H groups in total. The number of rotatable bonds is 17. The van der Waals surface area contributed by atoms with Crippen LogP contribution in [0.1, 0.15) is 74.7 Å². The first-order valence-electron chi connectivity index (χ1n) is 10.4. The average molecular weight is 474 g/mol. The maximum absolute atomic E-state index is 12.9. The number of nitrogens with one attached hydrogen (secondary N) is 2. The predicted octanol–water partition coefficient (Wildman–Crippen LogP) is 4.71. The summed E-state index contributed by atoms with van der Waals surface area (Å²) in [6.45, 7) is 14.1. The Balaban J connectivity index is 4.79. The number of aliphatic carboxylic acids is 1. The highest BCUT2D eigenvalue weighted by molar-refractivity contribution is 7.52. The first-order chi connectivity index (χ1) is 13.7. The Hall–Kier alpha value is -0.310. The van der Waals surface area contributed by atoms with Gasteiger partial charge in [-0.25, -0.2) is 19.3 Å². The zero-order chi connectivity index (χ0) is 23.5. The summed E-state index contributed by atoms with van der Waals surface area (Å²) in [6, 6.07) is -1.11. The van der Waals surface area contributed by atoms with Crippen LogP contribution < -0.4 is 10.2 Å². The van der Waals surface area contributed by atoms with E-state index in [1.54, 1.807) is 55.4 Å². The molecule has 30 heavy (non-hydrogen) atoms. The molecule has 0 heterocycles. The number of carboxylic acids is 1. The minimum atomic E-state index is -3.79. The molecule has 0 bridgehead atoms. The SMILES string of the molecule is CC(C)OP(=O)(NCCCC[C@H](NP(=O)(OC(C)C)OC(C)C)C(=O)O)OC(C)C. The molecule has 0 radical (unpaired) electrons. The largest absolute Gasteiger partial charge is 0.480 e. The zero-order valence-corrected chi connectivity index (χ0v) is 21.2. The van der Waals surface area contributed by atoms with Crippen LogP contribution >= 0.6 is 15.5 Å². The fraction of sp³-hybridized carbons (Fsp3) is 0.944. The highest BCUT2D eigenvalue weighted by Crippen LogP contribution is 2.47. The Morgan fingerprint density at radius 3 is 1.53 bits per heavy atom. The van der Waals surface area contributed by atoms with Gasteiger partial charge in [-0.05, 0) is 68.2 Å². The standard InChI is InChI=1S/C18H40N2O8P2/c1-13(2)25-29(23,26-14(3)4)19-12-10-9-11-17(18(21)22)20-30(24,27-15(5)6)28-16(7)8/h13-17H,9-12H2,1-8H3,(H,19,23)(H,20,24)(H,21,22)/t17-/m0/s1. The Labute approximate surface area is 180 Å². The molecule has 0 unspecified atom stereocenters. The molecule has 0 aliphatic rings. The molecule has 12 heteroatoms. The maximum atomic E-state index is 12.9.